The number of nitrogens with zero attached hydrogens (tertiary/aromatic N) is 1. The Hall–Kier alpha value is -1.26. The predicted molar refractivity (Wildman–Crippen MR) is 84.0 cm³/mol. The molecule has 1 aromatic carbocycles. The Morgan fingerprint density at radius 3 is 2.29 bits per heavy atom. The highest BCUT2D eigenvalue weighted by Gasteiger charge is 2.29. The van der Waals surface area contributed by atoms with Crippen molar-refractivity contribution in [1.29, 1.82) is 0 Å². The smallest absolute Gasteiger partial charge is 0.161 e. The van der Waals surface area contributed by atoms with Gasteiger partial charge in [-0.3, -0.25) is 4.90 Å². The van der Waals surface area contributed by atoms with Gasteiger partial charge < -0.3 is 14.6 Å². The SMILES string of the molecule is COc1cc2c(cc1OC)CN(CC(C)(O)C(C)C)CC2. The van der Waals surface area contributed by atoms with Crippen molar-refractivity contribution < 1.29 is 14.6 Å². The summed E-state index contributed by atoms with van der Waals surface area (Å²) in [7, 11) is 3.33. The molecule has 1 aliphatic rings. The molecule has 1 unspecified atom stereocenters. The van der Waals surface area contributed by atoms with Crippen LogP contribution in [0, 0.1) is 5.92 Å². The zero-order valence-electron chi connectivity index (χ0n) is 13.8. The number of hydrogen-bond donors (Lipinski definition) is 1. The van der Waals surface area contributed by atoms with E-state index in [0.717, 1.165) is 31.0 Å². The van der Waals surface area contributed by atoms with Crippen LogP contribution >= 0.6 is 0 Å². The first-order valence-electron chi connectivity index (χ1n) is 7.56. The molecular formula is C17H27NO3. The molecule has 0 aliphatic carbocycles. The fraction of sp³-hybridized carbons (Fsp3) is 0.647. The van der Waals surface area contributed by atoms with Gasteiger partial charge in [-0.1, -0.05) is 13.8 Å². The summed E-state index contributed by atoms with van der Waals surface area (Å²) in [6, 6.07) is 4.14. The normalized spacial score (nSPS) is 18.2. The molecule has 2 rings (SSSR count). The summed E-state index contributed by atoms with van der Waals surface area (Å²) >= 11 is 0. The molecule has 1 N–H and O–H groups in total. The lowest BCUT2D eigenvalue weighted by molar-refractivity contribution is -0.0219. The number of ether oxygens (including phenoxy) is 2. The minimum absolute atomic E-state index is 0.240. The summed E-state index contributed by atoms with van der Waals surface area (Å²) in [6.45, 7) is 8.54. The molecule has 0 fully saturated rings. The molecule has 0 saturated heterocycles. The van der Waals surface area contributed by atoms with E-state index in [1.165, 1.54) is 11.1 Å². The highest BCUT2D eigenvalue weighted by Crippen LogP contribution is 2.33. The second-order valence-corrected chi connectivity index (χ2v) is 6.45. The maximum Gasteiger partial charge on any atom is 0.161 e. The molecule has 0 spiro atoms. The van der Waals surface area contributed by atoms with Crippen molar-refractivity contribution in [2.75, 3.05) is 27.3 Å². The van der Waals surface area contributed by atoms with Crippen molar-refractivity contribution in [1.82, 2.24) is 4.90 Å². The lowest BCUT2D eigenvalue weighted by Gasteiger charge is -2.37. The molecule has 0 radical (unpaired) electrons. The molecule has 118 valence electrons. The first-order chi connectivity index (χ1) is 9.87. The van der Waals surface area contributed by atoms with Crippen LogP contribution in [-0.4, -0.2) is 42.9 Å². The number of fused-ring (bicyclic) bond motifs is 1. The van der Waals surface area contributed by atoms with E-state index in [0.29, 0.717) is 6.54 Å². The number of hydrogen-bond acceptors (Lipinski definition) is 4. The van der Waals surface area contributed by atoms with E-state index >= 15 is 0 Å². The van der Waals surface area contributed by atoms with Gasteiger partial charge in [-0.2, -0.15) is 0 Å². The van der Waals surface area contributed by atoms with Crippen LogP contribution in [0.5, 0.6) is 11.5 Å². The Balaban J connectivity index is 2.17. The summed E-state index contributed by atoms with van der Waals surface area (Å²) in [5.74, 6) is 1.80. The van der Waals surface area contributed by atoms with Gasteiger partial charge in [-0.25, -0.2) is 0 Å². The quantitative estimate of drug-likeness (QED) is 0.905. The third kappa shape index (κ3) is 3.50. The van der Waals surface area contributed by atoms with Crippen molar-refractivity contribution in [3.05, 3.63) is 23.3 Å². The number of β-amino-alcohol motifs (C(OH)–C–C–N with tert-alkyl or cyclic N) is 1. The minimum Gasteiger partial charge on any atom is -0.493 e. The van der Waals surface area contributed by atoms with Gasteiger partial charge in [0.25, 0.3) is 0 Å². The predicted octanol–water partition coefficient (Wildman–Crippen LogP) is 2.47. The minimum atomic E-state index is -0.659. The molecule has 0 bridgehead atoms. The second kappa shape index (κ2) is 6.24. The lowest BCUT2D eigenvalue weighted by atomic mass is 9.90. The van der Waals surface area contributed by atoms with E-state index in [-0.39, 0.29) is 5.92 Å². The van der Waals surface area contributed by atoms with Crippen LogP contribution in [0.15, 0.2) is 12.1 Å². The van der Waals surface area contributed by atoms with Crippen LogP contribution in [-0.2, 0) is 13.0 Å². The van der Waals surface area contributed by atoms with E-state index in [4.69, 9.17) is 9.47 Å². The Morgan fingerprint density at radius 1 is 1.19 bits per heavy atom. The fourth-order valence-electron chi connectivity index (χ4n) is 2.71. The molecule has 1 aromatic rings. The summed E-state index contributed by atoms with van der Waals surface area (Å²) in [6.07, 6.45) is 0.976. The van der Waals surface area contributed by atoms with Crippen molar-refractivity contribution in [2.45, 2.75) is 39.3 Å². The molecule has 21 heavy (non-hydrogen) atoms. The van der Waals surface area contributed by atoms with Crippen LogP contribution in [0.3, 0.4) is 0 Å². The van der Waals surface area contributed by atoms with Crippen molar-refractivity contribution in [3.8, 4) is 11.5 Å². The monoisotopic (exact) mass is 293 g/mol. The zero-order valence-corrected chi connectivity index (χ0v) is 13.8. The Kier molecular flexibility index (Phi) is 4.79. The first kappa shape index (κ1) is 16.1. The number of benzene rings is 1. The van der Waals surface area contributed by atoms with Crippen molar-refractivity contribution in [3.63, 3.8) is 0 Å². The van der Waals surface area contributed by atoms with Gasteiger partial charge in [0, 0.05) is 19.6 Å². The standard InChI is InChI=1S/C17H27NO3/c1-12(2)17(3,19)11-18-7-6-13-8-15(20-4)16(21-5)9-14(13)10-18/h8-9,12,19H,6-7,10-11H2,1-5H3. The molecule has 1 atom stereocenters. The number of methoxy groups -OCH3 is 2. The summed E-state index contributed by atoms with van der Waals surface area (Å²) in [4.78, 5) is 2.31. The first-order valence-corrected chi connectivity index (χ1v) is 7.56. The van der Waals surface area contributed by atoms with E-state index < -0.39 is 5.60 Å². The van der Waals surface area contributed by atoms with Gasteiger partial charge in [0.05, 0.1) is 19.8 Å². The van der Waals surface area contributed by atoms with Crippen molar-refractivity contribution >= 4 is 0 Å². The third-order valence-electron chi connectivity index (χ3n) is 4.58. The maximum absolute atomic E-state index is 10.5. The Labute approximate surface area is 127 Å². The van der Waals surface area contributed by atoms with Crippen LogP contribution < -0.4 is 9.47 Å². The highest BCUT2D eigenvalue weighted by molar-refractivity contribution is 5.48. The van der Waals surface area contributed by atoms with Gasteiger partial charge in [-0.15, -0.1) is 0 Å². The fourth-order valence-corrected chi connectivity index (χ4v) is 2.71. The van der Waals surface area contributed by atoms with Crippen LogP contribution in [0.1, 0.15) is 31.9 Å². The molecule has 0 saturated carbocycles. The molecular weight excluding hydrogens is 266 g/mol. The maximum atomic E-state index is 10.5. The molecule has 1 heterocycles. The number of aliphatic hydroxyl groups is 1. The van der Waals surface area contributed by atoms with E-state index in [1.807, 2.05) is 6.92 Å². The van der Waals surface area contributed by atoms with Crippen molar-refractivity contribution in [2.24, 2.45) is 5.92 Å². The van der Waals surface area contributed by atoms with E-state index in [2.05, 4.69) is 30.9 Å². The molecule has 0 aromatic heterocycles. The average molecular weight is 293 g/mol. The van der Waals surface area contributed by atoms with Gasteiger partial charge in [0.15, 0.2) is 11.5 Å². The molecule has 4 nitrogen and oxygen atoms in total. The van der Waals surface area contributed by atoms with Crippen LogP contribution in [0.25, 0.3) is 0 Å². The lowest BCUT2D eigenvalue weighted by Crippen LogP contribution is -2.46. The second-order valence-electron chi connectivity index (χ2n) is 6.45. The van der Waals surface area contributed by atoms with Crippen LogP contribution in [0.4, 0.5) is 0 Å². The summed E-state index contributed by atoms with van der Waals surface area (Å²) in [5.41, 5.74) is 1.92. The Morgan fingerprint density at radius 2 is 1.76 bits per heavy atom. The van der Waals surface area contributed by atoms with E-state index in [1.54, 1.807) is 14.2 Å². The van der Waals surface area contributed by atoms with E-state index in [9.17, 15) is 5.11 Å². The van der Waals surface area contributed by atoms with Gasteiger partial charge in [-0.05, 0) is 42.5 Å². The molecule has 1 aliphatic heterocycles. The largest absolute Gasteiger partial charge is 0.493 e. The molecule has 0 amide bonds. The van der Waals surface area contributed by atoms with Gasteiger partial charge >= 0.3 is 0 Å². The topological polar surface area (TPSA) is 41.9 Å². The third-order valence-corrected chi connectivity index (χ3v) is 4.58. The highest BCUT2D eigenvalue weighted by atomic mass is 16.5. The van der Waals surface area contributed by atoms with Gasteiger partial charge in [0.1, 0.15) is 0 Å². The molecule has 4 heteroatoms. The summed E-state index contributed by atoms with van der Waals surface area (Å²) < 4.78 is 10.7. The average Bonchev–Trinajstić information content (AvgIpc) is 2.45. The summed E-state index contributed by atoms with van der Waals surface area (Å²) in [5, 5.41) is 10.5. The number of rotatable bonds is 5. The zero-order chi connectivity index (χ0) is 15.6. The van der Waals surface area contributed by atoms with Crippen LogP contribution in [0.2, 0.25) is 0 Å². The van der Waals surface area contributed by atoms with Gasteiger partial charge in [0.2, 0.25) is 0 Å². The Bertz CT molecular complexity index is 497.